The Labute approximate surface area is 104 Å². The topological polar surface area (TPSA) is 46.2 Å². The van der Waals surface area contributed by atoms with Crippen molar-refractivity contribution in [3.63, 3.8) is 0 Å². The van der Waals surface area contributed by atoms with Crippen LogP contribution in [0.1, 0.15) is 5.56 Å². The minimum absolute atomic E-state index is 0.160. The molecule has 0 fully saturated rings. The van der Waals surface area contributed by atoms with Gasteiger partial charge in [0.25, 0.3) is 0 Å². The quantitative estimate of drug-likeness (QED) is 0.632. The molecule has 84 valence electrons. The smallest absolute Gasteiger partial charge is 0.211 e. The van der Waals surface area contributed by atoms with Crippen LogP contribution in [0.5, 0.6) is 0 Å². The highest BCUT2D eigenvalue weighted by Gasteiger charge is 2.08. The lowest BCUT2D eigenvalue weighted by molar-refractivity contribution is 0.583. The van der Waals surface area contributed by atoms with E-state index >= 15 is 0 Å². The van der Waals surface area contributed by atoms with Crippen LogP contribution in [0.4, 0.5) is 0 Å². The Hall–Kier alpha value is -0.140. The van der Waals surface area contributed by atoms with E-state index in [0.717, 1.165) is 9.99 Å². The lowest BCUT2D eigenvalue weighted by Gasteiger charge is -2.04. The molecule has 0 bridgehead atoms. The molecule has 5 heteroatoms. The zero-order valence-electron chi connectivity index (χ0n) is 8.32. The molecule has 0 radical (unpaired) electrons. The van der Waals surface area contributed by atoms with Gasteiger partial charge in [0.2, 0.25) is 10.0 Å². The fraction of sp³-hybridized carbons (Fsp3) is 0.400. The third-order valence-electron chi connectivity index (χ3n) is 1.92. The van der Waals surface area contributed by atoms with Crippen LogP contribution < -0.4 is 4.72 Å². The second-order valence-electron chi connectivity index (χ2n) is 3.14. The average Bonchev–Trinajstić information content (AvgIpc) is 2.25. The standard InChI is InChI=1S/C10H14INO2S/c11-7-8-12-15(13,14)9-6-10-4-2-1-3-5-10/h1-5,12H,6-9H2. The van der Waals surface area contributed by atoms with Crippen molar-refractivity contribution >= 4 is 32.6 Å². The average molecular weight is 339 g/mol. The summed E-state index contributed by atoms with van der Waals surface area (Å²) in [5.74, 6) is 0.160. The van der Waals surface area contributed by atoms with Crippen molar-refractivity contribution in [1.29, 1.82) is 0 Å². The highest BCUT2D eigenvalue weighted by atomic mass is 127. The molecule has 0 spiro atoms. The second kappa shape index (κ2) is 6.44. The summed E-state index contributed by atoms with van der Waals surface area (Å²) in [5.41, 5.74) is 1.05. The van der Waals surface area contributed by atoms with E-state index in [1.807, 2.05) is 30.3 Å². The normalized spacial score (nSPS) is 11.5. The summed E-state index contributed by atoms with van der Waals surface area (Å²) < 4.78 is 26.2. The highest BCUT2D eigenvalue weighted by molar-refractivity contribution is 14.1. The third kappa shape index (κ3) is 5.48. The van der Waals surface area contributed by atoms with E-state index < -0.39 is 10.0 Å². The monoisotopic (exact) mass is 339 g/mol. The summed E-state index contributed by atoms with van der Waals surface area (Å²) in [7, 11) is -3.10. The number of nitrogens with one attached hydrogen (secondary N) is 1. The number of aryl methyl sites for hydroxylation is 1. The molecule has 0 saturated heterocycles. The van der Waals surface area contributed by atoms with Crippen molar-refractivity contribution in [2.24, 2.45) is 0 Å². The number of hydrogen-bond acceptors (Lipinski definition) is 2. The SMILES string of the molecule is O=S(=O)(CCc1ccccc1)NCCI. The molecule has 1 rings (SSSR count). The summed E-state index contributed by atoms with van der Waals surface area (Å²) in [5, 5.41) is 0. The number of hydrogen-bond donors (Lipinski definition) is 1. The van der Waals surface area contributed by atoms with Crippen molar-refractivity contribution in [3.8, 4) is 0 Å². The van der Waals surface area contributed by atoms with Crippen LogP contribution >= 0.6 is 22.6 Å². The van der Waals surface area contributed by atoms with Crippen LogP contribution in [0.15, 0.2) is 30.3 Å². The predicted molar refractivity (Wildman–Crippen MR) is 70.8 cm³/mol. The van der Waals surface area contributed by atoms with Crippen LogP contribution in [0.2, 0.25) is 0 Å². The fourth-order valence-electron chi connectivity index (χ4n) is 1.16. The molecule has 15 heavy (non-hydrogen) atoms. The summed E-state index contributed by atoms with van der Waals surface area (Å²) in [6.45, 7) is 0.512. The second-order valence-corrected chi connectivity index (χ2v) is 6.14. The number of alkyl halides is 1. The van der Waals surface area contributed by atoms with Gasteiger partial charge in [0, 0.05) is 11.0 Å². The van der Waals surface area contributed by atoms with E-state index in [0.29, 0.717) is 13.0 Å². The molecule has 0 heterocycles. The molecule has 1 N–H and O–H groups in total. The van der Waals surface area contributed by atoms with Crippen LogP contribution in [-0.4, -0.2) is 25.1 Å². The molecule has 0 unspecified atom stereocenters. The van der Waals surface area contributed by atoms with Gasteiger partial charge in [-0.2, -0.15) is 0 Å². The minimum Gasteiger partial charge on any atom is -0.214 e. The van der Waals surface area contributed by atoms with Gasteiger partial charge in [-0.3, -0.25) is 0 Å². The number of sulfonamides is 1. The maximum absolute atomic E-state index is 11.4. The van der Waals surface area contributed by atoms with Crippen molar-refractivity contribution in [2.75, 3.05) is 16.7 Å². The zero-order chi connectivity index (χ0) is 11.1. The van der Waals surface area contributed by atoms with Gasteiger partial charge >= 0.3 is 0 Å². The van der Waals surface area contributed by atoms with Gasteiger partial charge in [0.15, 0.2) is 0 Å². The Morgan fingerprint density at radius 1 is 1.20 bits per heavy atom. The third-order valence-corrected chi connectivity index (χ3v) is 3.84. The lowest BCUT2D eigenvalue weighted by Crippen LogP contribution is -2.28. The summed E-state index contributed by atoms with van der Waals surface area (Å²) in [4.78, 5) is 0. The molecule has 0 amide bonds. The molecule has 3 nitrogen and oxygen atoms in total. The maximum atomic E-state index is 11.4. The Kier molecular flexibility index (Phi) is 5.55. The number of halogens is 1. The molecule has 0 atom stereocenters. The molecule has 1 aromatic rings. The van der Waals surface area contributed by atoms with E-state index in [-0.39, 0.29) is 5.75 Å². The summed E-state index contributed by atoms with van der Waals surface area (Å²) >= 11 is 2.14. The Morgan fingerprint density at radius 2 is 1.87 bits per heavy atom. The fourth-order valence-corrected chi connectivity index (χ4v) is 2.86. The van der Waals surface area contributed by atoms with Crippen molar-refractivity contribution in [3.05, 3.63) is 35.9 Å². The Balaban J connectivity index is 2.43. The molecular formula is C10H14INO2S. The van der Waals surface area contributed by atoms with Gasteiger partial charge in [-0.25, -0.2) is 13.1 Å². The molecule has 0 saturated carbocycles. The van der Waals surface area contributed by atoms with Crippen molar-refractivity contribution in [2.45, 2.75) is 6.42 Å². The van der Waals surface area contributed by atoms with Crippen LogP contribution in [0, 0.1) is 0 Å². The number of benzene rings is 1. The molecule has 0 aliphatic rings. The van der Waals surface area contributed by atoms with Crippen LogP contribution in [0.3, 0.4) is 0 Å². The highest BCUT2D eigenvalue weighted by Crippen LogP contribution is 2.01. The first-order valence-corrected chi connectivity index (χ1v) is 7.89. The van der Waals surface area contributed by atoms with Crippen molar-refractivity contribution in [1.82, 2.24) is 4.72 Å². The Bertz CT molecular complexity index is 378. The van der Waals surface area contributed by atoms with Gasteiger partial charge in [-0.1, -0.05) is 52.9 Å². The lowest BCUT2D eigenvalue weighted by atomic mass is 10.2. The van der Waals surface area contributed by atoms with Gasteiger partial charge in [0.1, 0.15) is 0 Å². The van der Waals surface area contributed by atoms with E-state index in [1.165, 1.54) is 0 Å². The van der Waals surface area contributed by atoms with Gasteiger partial charge in [0.05, 0.1) is 5.75 Å². The van der Waals surface area contributed by atoms with Crippen LogP contribution in [0.25, 0.3) is 0 Å². The van der Waals surface area contributed by atoms with Gasteiger partial charge in [-0.05, 0) is 12.0 Å². The minimum atomic E-state index is -3.10. The van der Waals surface area contributed by atoms with E-state index in [2.05, 4.69) is 27.3 Å². The first-order chi connectivity index (χ1) is 7.14. The number of rotatable bonds is 6. The van der Waals surface area contributed by atoms with Crippen LogP contribution in [-0.2, 0) is 16.4 Å². The first kappa shape index (κ1) is 12.9. The summed E-state index contributed by atoms with van der Waals surface area (Å²) in [6.07, 6.45) is 0.567. The summed E-state index contributed by atoms with van der Waals surface area (Å²) in [6, 6.07) is 9.63. The predicted octanol–water partition coefficient (Wildman–Crippen LogP) is 1.58. The Morgan fingerprint density at radius 3 is 2.47 bits per heavy atom. The zero-order valence-corrected chi connectivity index (χ0v) is 11.3. The molecule has 0 aliphatic heterocycles. The van der Waals surface area contributed by atoms with E-state index in [9.17, 15) is 8.42 Å². The van der Waals surface area contributed by atoms with Crippen molar-refractivity contribution < 1.29 is 8.42 Å². The van der Waals surface area contributed by atoms with E-state index in [1.54, 1.807) is 0 Å². The van der Waals surface area contributed by atoms with Gasteiger partial charge in [-0.15, -0.1) is 0 Å². The van der Waals surface area contributed by atoms with E-state index in [4.69, 9.17) is 0 Å². The largest absolute Gasteiger partial charge is 0.214 e. The van der Waals surface area contributed by atoms with Gasteiger partial charge < -0.3 is 0 Å². The molecule has 0 aliphatic carbocycles. The first-order valence-electron chi connectivity index (χ1n) is 4.71. The molecular weight excluding hydrogens is 325 g/mol. The molecule has 1 aromatic carbocycles. The molecule has 0 aromatic heterocycles. The maximum Gasteiger partial charge on any atom is 0.211 e.